The van der Waals surface area contributed by atoms with Crippen molar-refractivity contribution >= 4 is 5.91 Å². The minimum atomic E-state index is 0.262. The first kappa shape index (κ1) is 17.3. The van der Waals surface area contributed by atoms with Crippen LogP contribution in [-0.4, -0.2) is 42.1 Å². The smallest absolute Gasteiger partial charge is 0.223 e. The maximum Gasteiger partial charge on any atom is 0.223 e. The zero-order valence-electron chi connectivity index (χ0n) is 15.0. The van der Waals surface area contributed by atoms with Crippen molar-refractivity contribution in [1.29, 1.82) is 0 Å². The molecule has 2 atom stereocenters. The number of amides is 1. The largest absolute Gasteiger partial charge is 0.490 e. The van der Waals surface area contributed by atoms with Gasteiger partial charge in [-0.25, -0.2) is 0 Å². The van der Waals surface area contributed by atoms with Crippen LogP contribution >= 0.6 is 0 Å². The van der Waals surface area contributed by atoms with Gasteiger partial charge in [-0.3, -0.25) is 4.79 Å². The fourth-order valence-corrected chi connectivity index (χ4v) is 3.78. The Kier molecular flexibility index (Phi) is 5.77. The number of carbonyl (C=O) groups is 1. The highest BCUT2D eigenvalue weighted by molar-refractivity contribution is 5.77. The lowest BCUT2D eigenvalue weighted by atomic mass is 10.0. The number of nitrogens with one attached hydrogen (secondary N) is 1. The average Bonchev–Trinajstić information content (AvgIpc) is 3.08. The van der Waals surface area contributed by atoms with Gasteiger partial charge in [0, 0.05) is 31.6 Å². The number of piperazine rings is 1. The number of nitrogens with zero attached hydrogens (tertiary/aromatic N) is 1. The van der Waals surface area contributed by atoms with Crippen LogP contribution in [0.15, 0.2) is 24.3 Å². The summed E-state index contributed by atoms with van der Waals surface area (Å²) >= 11 is 0. The first-order chi connectivity index (χ1) is 11.6. The molecule has 0 aromatic heterocycles. The Balaban J connectivity index is 1.53. The van der Waals surface area contributed by atoms with E-state index in [9.17, 15) is 4.79 Å². The molecule has 1 aliphatic carbocycles. The van der Waals surface area contributed by atoms with E-state index in [1.165, 1.54) is 31.2 Å². The first-order valence-electron chi connectivity index (χ1n) is 9.42. The Labute approximate surface area is 145 Å². The quantitative estimate of drug-likeness (QED) is 0.902. The van der Waals surface area contributed by atoms with Crippen molar-refractivity contribution in [1.82, 2.24) is 10.2 Å². The van der Waals surface area contributed by atoms with Crippen LogP contribution < -0.4 is 10.1 Å². The molecule has 2 aliphatic rings. The predicted molar refractivity (Wildman–Crippen MR) is 96.3 cm³/mol. The highest BCUT2D eigenvalue weighted by Gasteiger charge is 2.27. The van der Waals surface area contributed by atoms with E-state index >= 15 is 0 Å². The normalized spacial score (nSPS) is 25.0. The topological polar surface area (TPSA) is 41.6 Å². The molecule has 132 valence electrons. The Morgan fingerprint density at radius 3 is 2.88 bits per heavy atom. The minimum absolute atomic E-state index is 0.262. The van der Waals surface area contributed by atoms with E-state index < -0.39 is 0 Å². The van der Waals surface area contributed by atoms with Crippen molar-refractivity contribution in [2.24, 2.45) is 0 Å². The molecule has 0 radical (unpaired) electrons. The molecule has 1 saturated heterocycles. The van der Waals surface area contributed by atoms with E-state index in [1.54, 1.807) is 0 Å². The van der Waals surface area contributed by atoms with Gasteiger partial charge in [0.1, 0.15) is 5.75 Å². The van der Waals surface area contributed by atoms with Gasteiger partial charge in [-0.15, -0.1) is 0 Å². The van der Waals surface area contributed by atoms with Gasteiger partial charge in [-0.05, 0) is 63.6 Å². The van der Waals surface area contributed by atoms with Gasteiger partial charge < -0.3 is 15.0 Å². The second kappa shape index (κ2) is 8.02. The Morgan fingerprint density at radius 2 is 2.08 bits per heavy atom. The highest BCUT2D eigenvalue weighted by Crippen LogP contribution is 2.25. The lowest BCUT2D eigenvalue weighted by Crippen LogP contribution is -2.57. The Morgan fingerprint density at radius 1 is 1.29 bits per heavy atom. The number of hydrogen-bond acceptors (Lipinski definition) is 3. The molecule has 1 amide bonds. The molecule has 1 N–H and O–H groups in total. The van der Waals surface area contributed by atoms with Crippen molar-refractivity contribution in [3.63, 3.8) is 0 Å². The summed E-state index contributed by atoms with van der Waals surface area (Å²) in [6.07, 6.45) is 6.63. The Hall–Kier alpha value is -1.55. The zero-order chi connectivity index (χ0) is 16.9. The average molecular weight is 330 g/mol. The van der Waals surface area contributed by atoms with Crippen LogP contribution in [0.2, 0.25) is 0 Å². The first-order valence-corrected chi connectivity index (χ1v) is 9.42. The van der Waals surface area contributed by atoms with Crippen LogP contribution in [0.1, 0.15) is 51.5 Å². The molecule has 2 unspecified atom stereocenters. The third-order valence-electron chi connectivity index (χ3n) is 5.49. The van der Waals surface area contributed by atoms with Gasteiger partial charge in [0.05, 0.1) is 6.10 Å². The number of hydrogen-bond donors (Lipinski definition) is 1. The molecule has 1 saturated carbocycles. The van der Waals surface area contributed by atoms with E-state index in [2.05, 4.69) is 31.3 Å². The summed E-state index contributed by atoms with van der Waals surface area (Å²) in [4.78, 5) is 14.6. The maximum atomic E-state index is 12.6. The molecule has 3 rings (SSSR count). The molecule has 1 aliphatic heterocycles. The molecule has 2 fully saturated rings. The second-order valence-corrected chi connectivity index (χ2v) is 7.24. The SMILES string of the molecule is CC1NCCN(C(=O)CCc2cccc(OC3CCCC3)c2)C1C. The molecular formula is C20H30N2O2. The molecule has 4 heteroatoms. The van der Waals surface area contributed by atoms with Crippen LogP contribution in [0.3, 0.4) is 0 Å². The monoisotopic (exact) mass is 330 g/mol. The van der Waals surface area contributed by atoms with Gasteiger partial charge in [-0.2, -0.15) is 0 Å². The van der Waals surface area contributed by atoms with Crippen LogP contribution in [-0.2, 0) is 11.2 Å². The Bertz CT molecular complexity index is 554. The minimum Gasteiger partial charge on any atom is -0.490 e. The van der Waals surface area contributed by atoms with E-state index in [0.717, 1.165) is 25.3 Å². The molecule has 0 bridgehead atoms. The fourth-order valence-electron chi connectivity index (χ4n) is 3.78. The van der Waals surface area contributed by atoms with Crippen molar-refractivity contribution in [2.75, 3.05) is 13.1 Å². The summed E-state index contributed by atoms with van der Waals surface area (Å²) in [6.45, 7) is 5.98. The van der Waals surface area contributed by atoms with Crippen molar-refractivity contribution < 1.29 is 9.53 Å². The van der Waals surface area contributed by atoms with Crippen molar-refractivity contribution in [2.45, 2.75) is 70.6 Å². The summed E-state index contributed by atoms with van der Waals surface area (Å²) in [5, 5.41) is 3.42. The van der Waals surface area contributed by atoms with Crippen LogP contribution in [0.25, 0.3) is 0 Å². The number of aryl methyl sites for hydroxylation is 1. The molecule has 1 aromatic carbocycles. The number of benzene rings is 1. The molecule has 24 heavy (non-hydrogen) atoms. The summed E-state index contributed by atoms with van der Waals surface area (Å²) < 4.78 is 6.07. The molecule has 1 heterocycles. The molecular weight excluding hydrogens is 300 g/mol. The summed E-state index contributed by atoms with van der Waals surface area (Å²) in [5.74, 6) is 1.22. The maximum absolute atomic E-state index is 12.6. The summed E-state index contributed by atoms with van der Waals surface area (Å²) in [7, 11) is 0. The highest BCUT2D eigenvalue weighted by atomic mass is 16.5. The van der Waals surface area contributed by atoms with E-state index in [-0.39, 0.29) is 11.9 Å². The van der Waals surface area contributed by atoms with Gasteiger partial charge in [0.25, 0.3) is 0 Å². The van der Waals surface area contributed by atoms with Crippen molar-refractivity contribution in [3.8, 4) is 5.75 Å². The van der Waals surface area contributed by atoms with Crippen molar-refractivity contribution in [3.05, 3.63) is 29.8 Å². The number of carbonyl (C=O) groups excluding carboxylic acids is 1. The zero-order valence-corrected chi connectivity index (χ0v) is 15.0. The molecule has 1 aromatic rings. The second-order valence-electron chi connectivity index (χ2n) is 7.24. The van der Waals surface area contributed by atoms with Gasteiger partial charge in [-0.1, -0.05) is 12.1 Å². The lowest BCUT2D eigenvalue weighted by Gasteiger charge is -2.38. The van der Waals surface area contributed by atoms with Crippen LogP contribution in [0.4, 0.5) is 0 Å². The fraction of sp³-hybridized carbons (Fsp3) is 0.650. The predicted octanol–water partition coefficient (Wildman–Crippen LogP) is 3.15. The van der Waals surface area contributed by atoms with E-state index in [0.29, 0.717) is 18.6 Å². The van der Waals surface area contributed by atoms with Crippen LogP contribution in [0, 0.1) is 0 Å². The molecule has 0 spiro atoms. The van der Waals surface area contributed by atoms with Gasteiger partial charge >= 0.3 is 0 Å². The van der Waals surface area contributed by atoms with Crippen LogP contribution in [0.5, 0.6) is 5.75 Å². The summed E-state index contributed by atoms with van der Waals surface area (Å²) in [5.41, 5.74) is 1.19. The molecule has 4 nitrogen and oxygen atoms in total. The number of rotatable bonds is 5. The summed E-state index contributed by atoms with van der Waals surface area (Å²) in [6, 6.07) is 8.91. The third kappa shape index (κ3) is 4.29. The number of ether oxygens (including phenoxy) is 1. The van der Waals surface area contributed by atoms with E-state index in [4.69, 9.17) is 4.74 Å². The van der Waals surface area contributed by atoms with E-state index in [1.807, 2.05) is 17.0 Å². The lowest BCUT2D eigenvalue weighted by molar-refractivity contribution is -0.134. The standard InChI is InChI=1S/C20H30N2O2/c1-15-16(2)22(13-12-21-15)20(23)11-10-17-6-5-9-19(14-17)24-18-7-3-4-8-18/h5-6,9,14-16,18,21H,3-4,7-8,10-13H2,1-2H3. The van der Waals surface area contributed by atoms with Gasteiger partial charge in [0.15, 0.2) is 0 Å². The third-order valence-corrected chi connectivity index (χ3v) is 5.49. The van der Waals surface area contributed by atoms with Gasteiger partial charge in [0.2, 0.25) is 5.91 Å².